The number of pyridine rings is 1. The Kier molecular flexibility index (Phi) is 2.85. The van der Waals surface area contributed by atoms with Crippen molar-refractivity contribution < 1.29 is 9.59 Å². The molecule has 0 unspecified atom stereocenters. The minimum absolute atomic E-state index is 0.402. The summed E-state index contributed by atoms with van der Waals surface area (Å²) in [5.41, 5.74) is 0.799. The van der Waals surface area contributed by atoms with Crippen LogP contribution in [-0.4, -0.2) is 46.7 Å². The molecule has 2 heterocycles. The minimum Gasteiger partial charge on any atom is -0.336 e. The van der Waals surface area contributed by atoms with Crippen LogP contribution in [-0.2, 0) is 16.1 Å². The maximum atomic E-state index is 11.6. The van der Waals surface area contributed by atoms with Gasteiger partial charge in [-0.3, -0.25) is 14.6 Å². The maximum absolute atomic E-state index is 11.6. The fourth-order valence-corrected chi connectivity index (χ4v) is 1.61. The quantitative estimate of drug-likeness (QED) is 0.652. The smallest absolute Gasteiger partial charge is 0.312 e. The van der Waals surface area contributed by atoms with Crippen molar-refractivity contribution in [3.63, 3.8) is 0 Å². The van der Waals surface area contributed by atoms with E-state index >= 15 is 0 Å². The number of amides is 2. The van der Waals surface area contributed by atoms with E-state index in [0.29, 0.717) is 19.6 Å². The van der Waals surface area contributed by atoms with Crippen LogP contribution in [0, 0.1) is 0 Å². The predicted octanol–water partition coefficient (Wildman–Crippen LogP) is -0.118. The van der Waals surface area contributed by atoms with E-state index in [9.17, 15) is 9.59 Å². The molecule has 0 spiro atoms. The molecule has 1 aliphatic rings. The number of nitrogens with zero attached hydrogens (tertiary/aromatic N) is 3. The first kappa shape index (κ1) is 10.6. The number of hydrogen-bond acceptors (Lipinski definition) is 3. The fourth-order valence-electron chi connectivity index (χ4n) is 1.61. The zero-order chi connectivity index (χ0) is 11.5. The van der Waals surface area contributed by atoms with E-state index in [2.05, 4.69) is 4.98 Å². The van der Waals surface area contributed by atoms with Crippen molar-refractivity contribution in [3.8, 4) is 0 Å². The summed E-state index contributed by atoms with van der Waals surface area (Å²) in [6, 6.07) is 5.53. The first-order valence-electron chi connectivity index (χ1n) is 5.13. The molecule has 0 bridgehead atoms. The Morgan fingerprint density at radius 2 is 2.06 bits per heavy atom. The van der Waals surface area contributed by atoms with Gasteiger partial charge in [-0.05, 0) is 12.1 Å². The third-order valence-electron chi connectivity index (χ3n) is 2.60. The van der Waals surface area contributed by atoms with Crippen molar-refractivity contribution in [2.45, 2.75) is 6.54 Å². The number of hydrogen-bond donors (Lipinski definition) is 0. The number of likely N-dealkylation sites (N-methyl/N-ethyl adjacent to an activating group) is 1. The lowest BCUT2D eigenvalue weighted by atomic mass is 10.2. The normalized spacial score (nSPS) is 16.8. The highest BCUT2D eigenvalue weighted by molar-refractivity contribution is 6.35. The lowest BCUT2D eigenvalue weighted by Gasteiger charge is -2.31. The Morgan fingerprint density at radius 3 is 2.75 bits per heavy atom. The average molecular weight is 219 g/mol. The highest BCUT2D eigenvalue weighted by Crippen LogP contribution is 2.07. The number of aromatic nitrogens is 1. The van der Waals surface area contributed by atoms with Gasteiger partial charge >= 0.3 is 11.8 Å². The van der Waals surface area contributed by atoms with Gasteiger partial charge in [0.25, 0.3) is 0 Å². The number of piperazine rings is 1. The Labute approximate surface area is 93.7 Å². The zero-order valence-electron chi connectivity index (χ0n) is 9.09. The molecule has 5 heteroatoms. The van der Waals surface area contributed by atoms with Gasteiger partial charge in [-0.2, -0.15) is 0 Å². The average Bonchev–Trinajstić information content (AvgIpc) is 2.31. The third-order valence-corrected chi connectivity index (χ3v) is 2.60. The van der Waals surface area contributed by atoms with E-state index < -0.39 is 11.8 Å². The molecule has 0 aliphatic carbocycles. The number of rotatable bonds is 2. The molecule has 1 aromatic heterocycles. The second kappa shape index (κ2) is 4.30. The molecule has 5 nitrogen and oxygen atoms in total. The van der Waals surface area contributed by atoms with Gasteiger partial charge in [0.1, 0.15) is 0 Å². The van der Waals surface area contributed by atoms with Gasteiger partial charge in [-0.1, -0.05) is 6.07 Å². The number of carbonyl (C=O) groups is 2. The first-order chi connectivity index (χ1) is 7.68. The molecule has 0 N–H and O–H groups in total. The SMILES string of the molecule is CN1CCN(Cc2ccccn2)C(=O)C1=O. The molecule has 1 fully saturated rings. The molecular weight excluding hydrogens is 206 g/mol. The van der Waals surface area contributed by atoms with Crippen LogP contribution in [0.15, 0.2) is 24.4 Å². The van der Waals surface area contributed by atoms with Crippen molar-refractivity contribution in [1.29, 1.82) is 0 Å². The van der Waals surface area contributed by atoms with Crippen LogP contribution in [0.2, 0.25) is 0 Å². The van der Waals surface area contributed by atoms with Gasteiger partial charge in [0.05, 0.1) is 12.2 Å². The standard InChI is InChI=1S/C11H13N3O2/c1-13-6-7-14(11(16)10(13)15)8-9-4-2-3-5-12-9/h2-5H,6-8H2,1H3. The summed E-state index contributed by atoms with van der Waals surface area (Å²) in [7, 11) is 1.64. The van der Waals surface area contributed by atoms with Gasteiger partial charge in [0.15, 0.2) is 0 Å². The summed E-state index contributed by atoms with van der Waals surface area (Å²) in [5.74, 6) is -0.887. The van der Waals surface area contributed by atoms with Crippen molar-refractivity contribution >= 4 is 11.8 Å². The third kappa shape index (κ3) is 2.03. The summed E-state index contributed by atoms with van der Waals surface area (Å²) in [5, 5.41) is 0. The van der Waals surface area contributed by atoms with Crippen LogP contribution in [0.25, 0.3) is 0 Å². The fraction of sp³-hybridized carbons (Fsp3) is 0.364. The van der Waals surface area contributed by atoms with Gasteiger partial charge in [0, 0.05) is 26.3 Å². The van der Waals surface area contributed by atoms with Crippen LogP contribution < -0.4 is 0 Å². The molecule has 16 heavy (non-hydrogen) atoms. The van der Waals surface area contributed by atoms with E-state index in [4.69, 9.17) is 0 Å². The highest BCUT2D eigenvalue weighted by Gasteiger charge is 2.30. The number of carbonyl (C=O) groups excluding carboxylic acids is 2. The molecule has 1 saturated heterocycles. The largest absolute Gasteiger partial charge is 0.336 e. The van der Waals surface area contributed by atoms with Crippen LogP contribution in [0.4, 0.5) is 0 Å². The van der Waals surface area contributed by atoms with E-state index in [0.717, 1.165) is 5.69 Å². The molecule has 2 amide bonds. The molecule has 1 aliphatic heterocycles. The van der Waals surface area contributed by atoms with Gasteiger partial charge in [0.2, 0.25) is 0 Å². The molecule has 2 rings (SSSR count). The summed E-state index contributed by atoms with van der Waals surface area (Å²) in [4.78, 5) is 30.2. The first-order valence-corrected chi connectivity index (χ1v) is 5.13. The summed E-state index contributed by atoms with van der Waals surface area (Å²) in [6.45, 7) is 1.55. The van der Waals surface area contributed by atoms with Gasteiger partial charge < -0.3 is 9.80 Å². The Hall–Kier alpha value is -1.91. The van der Waals surface area contributed by atoms with Gasteiger partial charge in [-0.15, -0.1) is 0 Å². The second-order valence-corrected chi connectivity index (χ2v) is 3.77. The maximum Gasteiger partial charge on any atom is 0.312 e. The lowest BCUT2D eigenvalue weighted by molar-refractivity contribution is -0.155. The molecule has 0 saturated carbocycles. The lowest BCUT2D eigenvalue weighted by Crippen LogP contribution is -2.52. The van der Waals surface area contributed by atoms with Crippen LogP contribution in [0.3, 0.4) is 0 Å². The Morgan fingerprint density at radius 1 is 1.25 bits per heavy atom. The minimum atomic E-state index is -0.445. The topological polar surface area (TPSA) is 53.5 Å². The molecule has 84 valence electrons. The zero-order valence-corrected chi connectivity index (χ0v) is 9.09. The van der Waals surface area contributed by atoms with Crippen molar-refractivity contribution in [2.75, 3.05) is 20.1 Å². The predicted molar refractivity (Wildman–Crippen MR) is 57.3 cm³/mol. The van der Waals surface area contributed by atoms with Crippen LogP contribution in [0.5, 0.6) is 0 Å². The monoisotopic (exact) mass is 219 g/mol. The molecule has 1 aromatic rings. The Bertz CT molecular complexity index is 405. The molecule has 0 radical (unpaired) electrons. The second-order valence-electron chi connectivity index (χ2n) is 3.77. The Balaban J connectivity index is 2.06. The summed E-state index contributed by atoms with van der Waals surface area (Å²) in [6.07, 6.45) is 1.68. The molecular formula is C11H13N3O2. The van der Waals surface area contributed by atoms with Crippen LogP contribution >= 0.6 is 0 Å². The van der Waals surface area contributed by atoms with Crippen molar-refractivity contribution in [2.24, 2.45) is 0 Å². The summed E-state index contributed by atoms with van der Waals surface area (Å²) >= 11 is 0. The van der Waals surface area contributed by atoms with Crippen molar-refractivity contribution in [3.05, 3.63) is 30.1 Å². The van der Waals surface area contributed by atoms with E-state index in [1.54, 1.807) is 13.2 Å². The molecule has 0 aromatic carbocycles. The van der Waals surface area contributed by atoms with Gasteiger partial charge in [-0.25, -0.2) is 0 Å². The van der Waals surface area contributed by atoms with Crippen LogP contribution in [0.1, 0.15) is 5.69 Å². The van der Waals surface area contributed by atoms with E-state index in [1.165, 1.54) is 9.80 Å². The molecule has 0 atom stereocenters. The summed E-state index contributed by atoms with van der Waals surface area (Å²) < 4.78 is 0. The van der Waals surface area contributed by atoms with E-state index in [1.807, 2.05) is 18.2 Å². The van der Waals surface area contributed by atoms with E-state index in [-0.39, 0.29) is 0 Å². The highest BCUT2D eigenvalue weighted by atomic mass is 16.2. The van der Waals surface area contributed by atoms with Crippen molar-refractivity contribution in [1.82, 2.24) is 14.8 Å².